The summed E-state index contributed by atoms with van der Waals surface area (Å²) in [5.41, 5.74) is 0.751. The van der Waals surface area contributed by atoms with Gasteiger partial charge in [-0.05, 0) is 74.9 Å². The predicted octanol–water partition coefficient (Wildman–Crippen LogP) is 1.93. The monoisotopic (exact) mass is 361 g/mol. The van der Waals surface area contributed by atoms with Crippen molar-refractivity contribution in [1.82, 2.24) is 9.80 Å². The number of hydrogen-bond donors (Lipinski definition) is 2. The number of benzene rings is 1. The number of aliphatic hydroxyl groups is 1. The molecule has 0 spiro atoms. The molecule has 1 aromatic rings. The van der Waals surface area contributed by atoms with Crippen LogP contribution in [0.25, 0.3) is 0 Å². The van der Waals surface area contributed by atoms with Gasteiger partial charge >= 0.3 is 0 Å². The van der Waals surface area contributed by atoms with Gasteiger partial charge in [0.05, 0.1) is 12.6 Å². The van der Waals surface area contributed by atoms with Crippen LogP contribution < -0.4 is 5.32 Å². The molecular formula is C20H28FN3O2. The molecule has 1 saturated carbocycles. The smallest absolute Gasteiger partial charge is 0.241 e. The SMILES string of the molecule is O=C(CNc1ccc(F)cc1)N1C[C@H]2C[C@@H](N3CCCC3)[C@H](O)C[C@H]2C1. The van der Waals surface area contributed by atoms with Crippen LogP contribution in [-0.2, 0) is 4.79 Å². The Morgan fingerprint density at radius 3 is 2.46 bits per heavy atom. The molecule has 1 aromatic carbocycles. The molecule has 0 bridgehead atoms. The van der Waals surface area contributed by atoms with E-state index in [-0.39, 0.29) is 30.4 Å². The van der Waals surface area contributed by atoms with E-state index in [0.717, 1.165) is 44.7 Å². The van der Waals surface area contributed by atoms with Crippen molar-refractivity contribution in [3.8, 4) is 0 Å². The fourth-order valence-electron chi connectivity index (χ4n) is 4.93. The van der Waals surface area contributed by atoms with Crippen molar-refractivity contribution >= 4 is 11.6 Å². The molecule has 3 aliphatic rings. The van der Waals surface area contributed by atoms with Gasteiger partial charge < -0.3 is 15.3 Å². The third-order valence-corrected chi connectivity index (χ3v) is 6.36. The number of nitrogens with zero attached hydrogens (tertiary/aromatic N) is 2. The first-order valence-electron chi connectivity index (χ1n) is 9.79. The Bertz CT molecular complexity index is 632. The first kappa shape index (κ1) is 17.7. The summed E-state index contributed by atoms with van der Waals surface area (Å²) < 4.78 is 12.9. The molecule has 142 valence electrons. The minimum atomic E-state index is -0.281. The molecule has 4 rings (SSSR count). The summed E-state index contributed by atoms with van der Waals surface area (Å²) in [4.78, 5) is 16.9. The van der Waals surface area contributed by atoms with Gasteiger partial charge in [-0.3, -0.25) is 9.69 Å². The van der Waals surface area contributed by atoms with E-state index in [1.807, 2.05) is 4.90 Å². The van der Waals surface area contributed by atoms with Crippen LogP contribution in [0.15, 0.2) is 24.3 Å². The highest BCUT2D eigenvalue weighted by Gasteiger charge is 2.44. The normalized spacial score (nSPS) is 31.8. The summed E-state index contributed by atoms with van der Waals surface area (Å²) in [6, 6.07) is 6.33. The summed E-state index contributed by atoms with van der Waals surface area (Å²) in [6.45, 7) is 3.97. The summed E-state index contributed by atoms with van der Waals surface area (Å²) >= 11 is 0. The highest BCUT2D eigenvalue weighted by molar-refractivity contribution is 5.81. The van der Waals surface area contributed by atoms with Crippen molar-refractivity contribution in [3.63, 3.8) is 0 Å². The molecule has 0 radical (unpaired) electrons. The van der Waals surface area contributed by atoms with Gasteiger partial charge in [0.1, 0.15) is 5.82 Å². The lowest BCUT2D eigenvalue weighted by Gasteiger charge is -2.40. The number of rotatable bonds is 4. The fourth-order valence-corrected chi connectivity index (χ4v) is 4.93. The van der Waals surface area contributed by atoms with E-state index in [1.165, 1.54) is 25.0 Å². The number of aliphatic hydroxyl groups excluding tert-OH is 1. The van der Waals surface area contributed by atoms with Crippen LogP contribution in [0.5, 0.6) is 0 Å². The van der Waals surface area contributed by atoms with E-state index in [0.29, 0.717) is 11.8 Å². The van der Waals surface area contributed by atoms with Crippen LogP contribution in [0.4, 0.5) is 10.1 Å². The number of likely N-dealkylation sites (tertiary alicyclic amines) is 2. The van der Waals surface area contributed by atoms with Gasteiger partial charge in [0.2, 0.25) is 5.91 Å². The van der Waals surface area contributed by atoms with E-state index in [1.54, 1.807) is 12.1 Å². The second kappa shape index (κ2) is 7.53. The van der Waals surface area contributed by atoms with Crippen LogP contribution >= 0.6 is 0 Å². The summed E-state index contributed by atoms with van der Waals surface area (Å²) in [6.07, 6.45) is 4.01. The van der Waals surface area contributed by atoms with E-state index in [2.05, 4.69) is 10.2 Å². The molecule has 2 aliphatic heterocycles. The summed E-state index contributed by atoms with van der Waals surface area (Å²) in [5.74, 6) is 0.713. The number of hydrogen-bond acceptors (Lipinski definition) is 4. The van der Waals surface area contributed by atoms with Crippen molar-refractivity contribution in [2.45, 2.75) is 37.8 Å². The van der Waals surface area contributed by atoms with Crippen molar-refractivity contribution in [1.29, 1.82) is 0 Å². The van der Waals surface area contributed by atoms with Crippen molar-refractivity contribution in [2.24, 2.45) is 11.8 Å². The lowest BCUT2D eigenvalue weighted by Crippen LogP contribution is -2.48. The predicted molar refractivity (Wildman–Crippen MR) is 98.3 cm³/mol. The van der Waals surface area contributed by atoms with Crippen LogP contribution in [0, 0.1) is 17.7 Å². The second-order valence-corrected chi connectivity index (χ2v) is 8.03. The first-order valence-corrected chi connectivity index (χ1v) is 9.79. The molecule has 5 nitrogen and oxygen atoms in total. The lowest BCUT2D eigenvalue weighted by molar-refractivity contribution is -0.128. The van der Waals surface area contributed by atoms with Gasteiger partial charge in [-0.15, -0.1) is 0 Å². The third-order valence-electron chi connectivity index (χ3n) is 6.36. The highest BCUT2D eigenvalue weighted by Crippen LogP contribution is 2.39. The molecule has 26 heavy (non-hydrogen) atoms. The second-order valence-electron chi connectivity index (χ2n) is 8.03. The van der Waals surface area contributed by atoms with Gasteiger partial charge in [0, 0.05) is 24.8 Å². The molecule has 0 aromatic heterocycles. The number of nitrogens with one attached hydrogen (secondary N) is 1. The molecular weight excluding hydrogens is 333 g/mol. The molecule has 6 heteroatoms. The molecule has 4 atom stereocenters. The standard InChI is InChI=1S/C20H28FN3O2/c21-16-3-5-17(6-4-16)22-11-20(26)24-12-14-9-18(23-7-1-2-8-23)19(25)10-15(14)13-24/h3-6,14-15,18-19,22,25H,1-2,7-13H2/t14-,15+,18-,19-/m1/s1. The van der Waals surface area contributed by atoms with Crippen LogP contribution in [0.3, 0.4) is 0 Å². The Labute approximate surface area is 154 Å². The average molecular weight is 361 g/mol. The Balaban J connectivity index is 1.31. The number of carbonyl (C=O) groups excluding carboxylic acids is 1. The Kier molecular flexibility index (Phi) is 5.14. The van der Waals surface area contributed by atoms with Crippen molar-refractivity contribution < 1.29 is 14.3 Å². The molecule has 0 unspecified atom stereocenters. The fraction of sp³-hybridized carbons (Fsp3) is 0.650. The molecule has 1 amide bonds. The van der Waals surface area contributed by atoms with Crippen LogP contribution in [-0.4, -0.2) is 65.7 Å². The minimum absolute atomic E-state index is 0.0796. The number of fused-ring (bicyclic) bond motifs is 1. The maximum Gasteiger partial charge on any atom is 0.241 e. The molecule has 3 fully saturated rings. The maximum absolute atomic E-state index is 12.9. The van der Waals surface area contributed by atoms with Gasteiger partial charge in [-0.1, -0.05) is 0 Å². The zero-order chi connectivity index (χ0) is 18.1. The highest BCUT2D eigenvalue weighted by atomic mass is 19.1. The Morgan fingerprint density at radius 1 is 1.12 bits per heavy atom. The first-order chi connectivity index (χ1) is 12.6. The van der Waals surface area contributed by atoms with Crippen LogP contribution in [0.1, 0.15) is 25.7 Å². The van der Waals surface area contributed by atoms with E-state index < -0.39 is 0 Å². The van der Waals surface area contributed by atoms with Crippen LogP contribution in [0.2, 0.25) is 0 Å². The van der Waals surface area contributed by atoms with Crippen molar-refractivity contribution in [2.75, 3.05) is 38.0 Å². The Morgan fingerprint density at radius 2 is 1.77 bits per heavy atom. The van der Waals surface area contributed by atoms with Gasteiger partial charge in [0.15, 0.2) is 0 Å². The zero-order valence-corrected chi connectivity index (χ0v) is 15.1. The van der Waals surface area contributed by atoms with Gasteiger partial charge in [-0.25, -0.2) is 4.39 Å². The average Bonchev–Trinajstić information content (AvgIpc) is 3.29. The third kappa shape index (κ3) is 3.71. The Hall–Kier alpha value is -1.66. The van der Waals surface area contributed by atoms with E-state index in [4.69, 9.17) is 0 Å². The number of anilines is 1. The van der Waals surface area contributed by atoms with E-state index in [9.17, 15) is 14.3 Å². The molecule has 2 N–H and O–H groups in total. The molecule has 1 aliphatic carbocycles. The number of carbonyl (C=O) groups is 1. The number of amides is 1. The molecule has 2 heterocycles. The van der Waals surface area contributed by atoms with Gasteiger partial charge in [0.25, 0.3) is 0 Å². The quantitative estimate of drug-likeness (QED) is 0.861. The summed E-state index contributed by atoms with van der Waals surface area (Å²) in [5, 5.41) is 13.7. The number of halogens is 1. The minimum Gasteiger partial charge on any atom is -0.391 e. The molecule has 2 saturated heterocycles. The largest absolute Gasteiger partial charge is 0.391 e. The zero-order valence-electron chi connectivity index (χ0n) is 15.1. The topological polar surface area (TPSA) is 55.8 Å². The summed E-state index contributed by atoms with van der Waals surface area (Å²) in [7, 11) is 0. The van der Waals surface area contributed by atoms with Crippen molar-refractivity contribution in [3.05, 3.63) is 30.1 Å². The van der Waals surface area contributed by atoms with E-state index >= 15 is 0 Å². The lowest BCUT2D eigenvalue weighted by atomic mass is 9.77. The maximum atomic E-state index is 12.9. The van der Waals surface area contributed by atoms with Gasteiger partial charge in [-0.2, -0.15) is 0 Å².